The average molecular weight is 276 g/mol. The minimum atomic E-state index is 0.385. The molecule has 2 heteroatoms. The molecule has 0 aliphatic heterocycles. The molecule has 20 heavy (non-hydrogen) atoms. The van der Waals surface area contributed by atoms with Crippen LogP contribution in [0.2, 0.25) is 0 Å². The summed E-state index contributed by atoms with van der Waals surface area (Å²) in [6.07, 6.45) is 1.16. The van der Waals surface area contributed by atoms with Crippen molar-refractivity contribution >= 4 is 0 Å². The van der Waals surface area contributed by atoms with Crippen LogP contribution in [0.4, 0.5) is 0 Å². The molecule has 0 aromatic heterocycles. The van der Waals surface area contributed by atoms with Crippen molar-refractivity contribution in [2.24, 2.45) is 23.5 Å². The Kier molecular flexibility index (Phi) is 7.25. The maximum atomic E-state index is 5.82. The fourth-order valence-corrected chi connectivity index (χ4v) is 2.45. The van der Waals surface area contributed by atoms with Gasteiger partial charge in [-0.05, 0) is 55.3 Å². The zero-order valence-electron chi connectivity index (χ0n) is 13.8. The van der Waals surface area contributed by atoms with E-state index in [1.54, 1.807) is 0 Å². The highest BCUT2D eigenvalue weighted by Gasteiger charge is 2.13. The Morgan fingerprint density at radius 1 is 1.00 bits per heavy atom. The largest absolute Gasteiger partial charge is 0.330 e. The second-order valence-corrected chi connectivity index (χ2v) is 6.71. The van der Waals surface area contributed by atoms with E-state index in [-0.39, 0.29) is 0 Å². The molecule has 0 fully saturated rings. The van der Waals surface area contributed by atoms with Gasteiger partial charge in [0.1, 0.15) is 0 Å². The highest BCUT2D eigenvalue weighted by Crippen LogP contribution is 2.16. The summed E-state index contributed by atoms with van der Waals surface area (Å²) in [4.78, 5) is 0. The van der Waals surface area contributed by atoms with Gasteiger partial charge in [0.15, 0.2) is 0 Å². The van der Waals surface area contributed by atoms with Gasteiger partial charge in [-0.3, -0.25) is 0 Å². The summed E-state index contributed by atoms with van der Waals surface area (Å²) in [5, 5.41) is 3.61. The Balaban J connectivity index is 2.52. The predicted octanol–water partition coefficient (Wildman–Crippen LogP) is 3.77. The number of rotatable bonds is 8. The van der Waals surface area contributed by atoms with E-state index in [1.807, 2.05) is 0 Å². The fraction of sp³-hybridized carbons (Fsp3) is 0.667. The van der Waals surface area contributed by atoms with Gasteiger partial charge in [0.2, 0.25) is 0 Å². The van der Waals surface area contributed by atoms with Crippen LogP contribution >= 0.6 is 0 Å². The monoisotopic (exact) mass is 276 g/mol. The molecule has 0 radical (unpaired) electrons. The van der Waals surface area contributed by atoms with E-state index < -0.39 is 0 Å². The summed E-state index contributed by atoms with van der Waals surface area (Å²) in [5.41, 5.74) is 8.61. The molecule has 0 amide bonds. The van der Waals surface area contributed by atoms with Crippen molar-refractivity contribution in [3.63, 3.8) is 0 Å². The molecular formula is C18H32N2. The Morgan fingerprint density at radius 3 is 2.05 bits per heavy atom. The lowest BCUT2D eigenvalue weighted by molar-refractivity contribution is 0.356. The molecule has 2 nitrogen and oxygen atoms in total. The molecule has 0 heterocycles. The third-order valence-electron chi connectivity index (χ3n) is 4.06. The second-order valence-electron chi connectivity index (χ2n) is 6.71. The third-order valence-corrected chi connectivity index (χ3v) is 4.06. The minimum Gasteiger partial charge on any atom is -0.330 e. The molecule has 1 rings (SSSR count). The van der Waals surface area contributed by atoms with E-state index >= 15 is 0 Å². The number of benzene rings is 1. The van der Waals surface area contributed by atoms with E-state index in [0.29, 0.717) is 23.8 Å². The Morgan fingerprint density at radius 2 is 1.60 bits per heavy atom. The van der Waals surface area contributed by atoms with Gasteiger partial charge < -0.3 is 11.1 Å². The third kappa shape index (κ3) is 5.64. The van der Waals surface area contributed by atoms with Crippen LogP contribution in [-0.2, 0) is 6.42 Å². The van der Waals surface area contributed by atoms with E-state index in [9.17, 15) is 0 Å². The highest BCUT2D eigenvalue weighted by atomic mass is 14.9. The van der Waals surface area contributed by atoms with Gasteiger partial charge in [0.25, 0.3) is 0 Å². The topological polar surface area (TPSA) is 38.0 Å². The highest BCUT2D eigenvalue weighted by molar-refractivity contribution is 5.25. The summed E-state index contributed by atoms with van der Waals surface area (Å²) < 4.78 is 0. The summed E-state index contributed by atoms with van der Waals surface area (Å²) in [6.45, 7) is 13.0. The van der Waals surface area contributed by atoms with Crippen LogP contribution in [0.15, 0.2) is 24.3 Å². The lowest BCUT2D eigenvalue weighted by Gasteiger charge is -2.22. The van der Waals surface area contributed by atoms with Crippen LogP contribution in [-0.4, -0.2) is 13.1 Å². The first-order chi connectivity index (χ1) is 9.43. The van der Waals surface area contributed by atoms with Gasteiger partial charge in [-0.2, -0.15) is 0 Å². The molecular weight excluding hydrogens is 244 g/mol. The van der Waals surface area contributed by atoms with E-state index in [0.717, 1.165) is 19.5 Å². The van der Waals surface area contributed by atoms with Gasteiger partial charge in [-0.1, -0.05) is 52.0 Å². The Hall–Kier alpha value is -0.860. The first-order valence-corrected chi connectivity index (χ1v) is 7.96. The molecule has 1 aromatic rings. The quantitative estimate of drug-likeness (QED) is 0.758. The molecule has 0 saturated heterocycles. The van der Waals surface area contributed by atoms with Crippen molar-refractivity contribution in [2.75, 3.05) is 13.1 Å². The van der Waals surface area contributed by atoms with Gasteiger partial charge in [-0.15, -0.1) is 0 Å². The van der Waals surface area contributed by atoms with Crippen LogP contribution in [0.3, 0.4) is 0 Å². The fourth-order valence-electron chi connectivity index (χ4n) is 2.45. The van der Waals surface area contributed by atoms with Crippen LogP contribution < -0.4 is 11.1 Å². The molecule has 114 valence electrons. The molecule has 0 aliphatic rings. The number of nitrogens with two attached hydrogens (primary N) is 1. The van der Waals surface area contributed by atoms with Crippen molar-refractivity contribution in [3.8, 4) is 0 Å². The Bertz CT molecular complexity index is 368. The molecule has 2 atom stereocenters. The molecule has 0 aliphatic carbocycles. The molecule has 0 spiro atoms. The SMILES string of the molecule is CC(C)Cc1ccc(C(C)NCC(CN)C(C)C)cc1. The summed E-state index contributed by atoms with van der Waals surface area (Å²) in [5.74, 6) is 1.90. The van der Waals surface area contributed by atoms with Crippen LogP contribution in [0, 0.1) is 17.8 Å². The zero-order chi connectivity index (χ0) is 15.1. The second kappa shape index (κ2) is 8.43. The van der Waals surface area contributed by atoms with Gasteiger partial charge in [0, 0.05) is 6.04 Å². The zero-order valence-corrected chi connectivity index (χ0v) is 13.8. The van der Waals surface area contributed by atoms with Crippen molar-refractivity contribution in [2.45, 2.75) is 47.1 Å². The smallest absolute Gasteiger partial charge is 0.0291 e. The van der Waals surface area contributed by atoms with Crippen LogP contribution in [0.5, 0.6) is 0 Å². The molecule has 0 saturated carbocycles. The standard InChI is InChI=1S/C18H32N2/c1-13(2)10-16-6-8-17(9-7-16)15(5)20-12-18(11-19)14(3)4/h6-9,13-15,18,20H,10-12,19H2,1-5H3. The number of hydrogen-bond donors (Lipinski definition) is 2. The van der Waals surface area contributed by atoms with E-state index in [2.05, 4.69) is 64.2 Å². The first-order valence-electron chi connectivity index (χ1n) is 7.96. The van der Waals surface area contributed by atoms with Crippen molar-refractivity contribution in [1.29, 1.82) is 0 Å². The van der Waals surface area contributed by atoms with Crippen molar-refractivity contribution in [3.05, 3.63) is 35.4 Å². The minimum absolute atomic E-state index is 0.385. The summed E-state index contributed by atoms with van der Waals surface area (Å²) >= 11 is 0. The number of nitrogens with one attached hydrogen (secondary N) is 1. The average Bonchev–Trinajstić information content (AvgIpc) is 2.39. The van der Waals surface area contributed by atoms with E-state index in [4.69, 9.17) is 5.73 Å². The molecule has 1 aromatic carbocycles. The van der Waals surface area contributed by atoms with Gasteiger partial charge >= 0.3 is 0 Å². The van der Waals surface area contributed by atoms with Crippen LogP contribution in [0.1, 0.15) is 51.8 Å². The maximum Gasteiger partial charge on any atom is 0.0291 e. The maximum absolute atomic E-state index is 5.82. The van der Waals surface area contributed by atoms with E-state index in [1.165, 1.54) is 11.1 Å². The lowest BCUT2D eigenvalue weighted by Crippen LogP contribution is -2.33. The van der Waals surface area contributed by atoms with Gasteiger partial charge in [-0.25, -0.2) is 0 Å². The summed E-state index contributed by atoms with van der Waals surface area (Å²) in [7, 11) is 0. The lowest BCUT2D eigenvalue weighted by atomic mass is 9.95. The molecule has 0 bridgehead atoms. The summed E-state index contributed by atoms with van der Waals surface area (Å²) in [6, 6.07) is 9.41. The normalized spacial score (nSPS) is 14.8. The van der Waals surface area contributed by atoms with Crippen molar-refractivity contribution in [1.82, 2.24) is 5.32 Å². The molecule has 3 N–H and O–H groups in total. The first kappa shape index (κ1) is 17.2. The van der Waals surface area contributed by atoms with Crippen LogP contribution in [0.25, 0.3) is 0 Å². The van der Waals surface area contributed by atoms with Gasteiger partial charge in [0.05, 0.1) is 0 Å². The predicted molar refractivity (Wildman–Crippen MR) is 88.8 cm³/mol. The van der Waals surface area contributed by atoms with Crippen molar-refractivity contribution < 1.29 is 0 Å². The molecule has 2 unspecified atom stereocenters. The Labute approximate surface area is 125 Å². The number of hydrogen-bond acceptors (Lipinski definition) is 2.